The molecule has 0 aliphatic rings. The molecule has 158 valence electrons. The first-order valence-electron chi connectivity index (χ1n) is 9.43. The average molecular weight is 447 g/mol. The Kier molecular flexibility index (Phi) is 7.04. The van der Waals surface area contributed by atoms with Gasteiger partial charge in [0.15, 0.2) is 5.58 Å². The highest BCUT2D eigenvalue weighted by Gasteiger charge is 2.17. The van der Waals surface area contributed by atoms with Crippen LogP contribution >= 0.6 is 12.4 Å². The van der Waals surface area contributed by atoms with Crippen LogP contribution in [0.5, 0.6) is 0 Å². The zero-order valence-corrected chi connectivity index (χ0v) is 18.0. The van der Waals surface area contributed by atoms with Gasteiger partial charge in [-0.15, -0.1) is 12.4 Å². The highest BCUT2D eigenvalue weighted by Crippen LogP contribution is 2.19. The first-order valence-corrected chi connectivity index (χ1v) is 10.9. The van der Waals surface area contributed by atoms with Crippen molar-refractivity contribution < 1.29 is 12.9 Å². The lowest BCUT2D eigenvalue weighted by Crippen LogP contribution is -2.40. The van der Waals surface area contributed by atoms with Crippen LogP contribution in [-0.2, 0) is 16.4 Å². The molecule has 4 rings (SSSR count). The molecule has 0 bridgehead atoms. The lowest BCUT2D eigenvalue weighted by Gasteiger charge is -2.15. The molecule has 2 N–H and O–H groups in total. The Labute approximate surface area is 181 Å². The van der Waals surface area contributed by atoms with E-state index in [9.17, 15) is 8.42 Å². The quantitative estimate of drug-likeness (QED) is 0.403. The largest absolute Gasteiger partial charge is 0.356 e. The van der Waals surface area contributed by atoms with Gasteiger partial charge in [0.25, 0.3) is 0 Å². The average Bonchev–Trinajstić information content (AvgIpc) is 3.14. The Morgan fingerprint density at radius 1 is 1.10 bits per heavy atom. The Morgan fingerprint density at radius 2 is 1.93 bits per heavy atom. The van der Waals surface area contributed by atoms with Crippen molar-refractivity contribution in [2.24, 2.45) is 0 Å². The van der Waals surface area contributed by atoms with Crippen LogP contribution in [0.3, 0.4) is 0 Å². The lowest BCUT2D eigenvalue weighted by molar-refractivity contribution is 0.444. The maximum Gasteiger partial charge on any atom is 0.240 e. The van der Waals surface area contributed by atoms with E-state index >= 15 is 0 Å². The minimum atomic E-state index is -3.60. The number of pyridine rings is 1. The normalized spacial score (nSPS) is 12.7. The minimum absolute atomic E-state index is 0. The summed E-state index contributed by atoms with van der Waals surface area (Å²) >= 11 is 0. The molecular weight excluding hydrogens is 424 g/mol. The van der Waals surface area contributed by atoms with E-state index in [1.54, 1.807) is 36.7 Å². The van der Waals surface area contributed by atoms with E-state index in [-0.39, 0.29) is 23.3 Å². The van der Waals surface area contributed by atoms with Crippen molar-refractivity contribution in [3.63, 3.8) is 0 Å². The molecule has 0 unspecified atom stereocenters. The number of para-hydroxylation sites is 1. The van der Waals surface area contributed by atoms with Crippen LogP contribution < -0.4 is 10.0 Å². The van der Waals surface area contributed by atoms with E-state index < -0.39 is 10.0 Å². The van der Waals surface area contributed by atoms with Gasteiger partial charge >= 0.3 is 0 Å². The summed E-state index contributed by atoms with van der Waals surface area (Å²) in [6, 6.07) is 14.3. The molecule has 7 nitrogen and oxygen atoms in total. The number of benzene rings is 2. The van der Waals surface area contributed by atoms with Gasteiger partial charge in [0.1, 0.15) is 0 Å². The number of fused-ring (bicyclic) bond motifs is 2. The van der Waals surface area contributed by atoms with E-state index in [1.807, 2.05) is 31.2 Å². The van der Waals surface area contributed by atoms with E-state index in [1.165, 1.54) is 0 Å². The number of rotatable bonds is 8. The molecule has 0 aliphatic carbocycles. The third-order valence-electron chi connectivity index (χ3n) is 4.72. The van der Waals surface area contributed by atoms with Crippen molar-refractivity contribution >= 4 is 44.2 Å². The van der Waals surface area contributed by atoms with Gasteiger partial charge in [-0.25, -0.2) is 13.1 Å². The zero-order valence-electron chi connectivity index (χ0n) is 16.4. The molecule has 1 atom stereocenters. The van der Waals surface area contributed by atoms with Crippen molar-refractivity contribution in [1.29, 1.82) is 0 Å². The number of nitrogens with one attached hydrogen (secondary N) is 2. The summed E-state index contributed by atoms with van der Waals surface area (Å²) in [4.78, 5) is 4.29. The zero-order chi connectivity index (χ0) is 20.3. The fourth-order valence-corrected chi connectivity index (χ4v) is 4.53. The van der Waals surface area contributed by atoms with Gasteiger partial charge in [-0.05, 0) is 42.6 Å². The van der Waals surface area contributed by atoms with Crippen molar-refractivity contribution in [3.8, 4) is 0 Å². The molecule has 2 aromatic heterocycles. The maximum absolute atomic E-state index is 12.7. The molecule has 9 heteroatoms. The maximum atomic E-state index is 12.7. The van der Waals surface area contributed by atoms with Gasteiger partial charge in [-0.1, -0.05) is 23.4 Å². The fraction of sp³-hybridized carbons (Fsp3) is 0.238. The standard InChI is InChI=1S/C21H22N4O3S.ClH/c1-15(13-22-11-9-20-19-4-2-3-5-21(19)28-24-20)25-29(26,27)18-7-6-17-14-23-10-8-16(17)12-18;/h2-8,10,12,14-15,22,25H,9,11,13H2,1H3;1H/t15-;/m1./s1. The van der Waals surface area contributed by atoms with E-state index in [0.29, 0.717) is 19.5 Å². The van der Waals surface area contributed by atoms with Crippen LogP contribution in [0.2, 0.25) is 0 Å². The highest BCUT2D eigenvalue weighted by molar-refractivity contribution is 7.89. The second-order valence-electron chi connectivity index (χ2n) is 6.99. The van der Waals surface area contributed by atoms with Crippen molar-refractivity contribution in [3.05, 3.63) is 66.6 Å². The predicted octanol–water partition coefficient (Wildman–Crippen LogP) is 3.30. The van der Waals surface area contributed by atoms with Crippen LogP contribution in [0, 0.1) is 0 Å². The molecule has 0 radical (unpaired) electrons. The van der Waals surface area contributed by atoms with Gasteiger partial charge in [-0.2, -0.15) is 0 Å². The second-order valence-corrected chi connectivity index (χ2v) is 8.70. The minimum Gasteiger partial charge on any atom is -0.356 e. The number of nitrogens with zero attached hydrogens (tertiary/aromatic N) is 2. The van der Waals surface area contributed by atoms with Gasteiger partial charge in [0, 0.05) is 48.7 Å². The molecule has 30 heavy (non-hydrogen) atoms. The van der Waals surface area contributed by atoms with Crippen LogP contribution in [0.1, 0.15) is 12.6 Å². The summed E-state index contributed by atoms with van der Waals surface area (Å²) < 4.78 is 33.4. The van der Waals surface area contributed by atoms with Gasteiger partial charge < -0.3 is 9.84 Å². The van der Waals surface area contributed by atoms with Crippen LogP contribution in [-0.4, -0.2) is 37.7 Å². The predicted molar refractivity (Wildman–Crippen MR) is 119 cm³/mol. The number of aromatic nitrogens is 2. The number of hydrogen-bond donors (Lipinski definition) is 2. The van der Waals surface area contributed by atoms with Crippen molar-refractivity contribution in [2.75, 3.05) is 13.1 Å². The van der Waals surface area contributed by atoms with Gasteiger partial charge in [0.05, 0.1) is 10.6 Å². The fourth-order valence-electron chi connectivity index (χ4n) is 3.25. The SMILES string of the molecule is C[C@H](CNCCc1noc2ccccc12)NS(=O)(=O)c1ccc2cnccc2c1.Cl. The summed E-state index contributed by atoms with van der Waals surface area (Å²) in [5.41, 5.74) is 1.67. The topological polar surface area (TPSA) is 97.1 Å². The molecule has 0 saturated heterocycles. The summed E-state index contributed by atoms with van der Waals surface area (Å²) in [5.74, 6) is 0. The van der Waals surface area contributed by atoms with E-state index in [4.69, 9.17) is 4.52 Å². The smallest absolute Gasteiger partial charge is 0.240 e. The Balaban J connectivity index is 0.00000256. The summed E-state index contributed by atoms with van der Waals surface area (Å²) in [6.07, 6.45) is 4.07. The Morgan fingerprint density at radius 3 is 2.80 bits per heavy atom. The number of sulfonamides is 1. The van der Waals surface area contributed by atoms with Crippen LogP contribution in [0.15, 0.2) is 70.3 Å². The Bertz CT molecular complexity index is 1240. The first-order chi connectivity index (χ1) is 14.0. The van der Waals surface area contributed by atoms with Gasteiger partial charge in [0.2, 0.25) is 10.0 Å². The molecular formula is C21H23ClN4O3S. The lowest BCUT2D eigenvalue weighted by atomic mass is 10.2. The monoisotopic (exact) mass is 446 g/mol. The van der Waals surface area contributed by atoms with E-state index in [2.05, 4.69) is 20.2 Å². The second kappa shape index (κ2) is 9.53. The highest BCUT2D eigenvalue weighted by atomic mass is 35.5. The first kappa shape index (κ1) is 22.2. The van der Waals surface area contributed by atoms with Crippen molar-refractivity contribution in [1.82, 2.24) is 20.2 Å². The molecule has 2 aromatic carbocycles. The molecule has 0 fully saturated rings. The van der Waals surface area contributed by atoms with Crippen molar-refractivity contribution in [2.45, 2.75) is 24.3 Å². The van der Waals surface area contributed by atoms with Gasteiger partial charge in [-0.3, -0.25) is 4.98 Å². The third-order valence-corrected chi connectivity index (χ3v) is 6.31. The summed E-state index contributed by atoms with van der Waals surface area (Å²) in [6.45, 7) is 3.01. The van der Waals surface area contributed by atoms with Crippen LogP contribution in [0.25, 0.3) is 21.7 Å². The molecule has 0 amide bonds. The molecule has 0 spiro atoms. The number of hydrogen-bond acceptors (Lipinski definition) is 6. The third kappa shape index (κ3) is 4.96. The Hall–Kier alpha value is -2.52. The molecule has 2 heterocycles. The van der Waals surface area contributed by atoms with E-state index in [0.717, 1.165) is 27.4 Å². The summed E-state index contributed by atoms with van der Waals surface area (Å²) in [5, 5.41) is 10.1. The molecule has 0 saturated carbocycles. The molecule has 4 aromatic rings. The summed E-state index contributed by atoms with van der Waals surface area (Å²) in [7, 11) is -3.60. The van der Waals surface area contributed by atoms with Crippen LogP contribution in [0.4, 0.5) is 0 Å². The number of halogens is 1. The molecule has 0 aliphatic heterocycles.